The second-order valence-corrected chi connectivity index (χ2v) is 6.32. The molecule has 0 aromatic heterocycles. The molecule has 0 aliphatic carbocycles. The monoisotopic (exact) mass is 328 g/mol. The van der Waals surface area contributed by atoms with Gasteiger partial charge >= 0.3 is 11.9 Å². The minimum Gasteiger partial charge on any atom is -0.469 e. The van der Waals surface area contributed by atoms with Gasteiger partial charge in [-0.3, -0.25) is 9.59 Å². The highest BCUT2D eigenvalue weighted by Crippen LogP contribution is 2.16. The fraction of sp³-hybridized carbons (Fsp3) is 0.895. The predicted octanol–water partition coefficient (Wildman–Crippen LogP) is 5.18. The molecule has 0 radical (unpaired) electrons. The lowest BCUT2D eigenvalue weighted by molar-refractivity contribution is -0.147. The highest BCUT2D eigenvalue weighted by Gasteiger charge is 2.11. The maximum atomic E-state index is 11.2. The fourth-order valence-corrected chi connectivity index (χ4v) is 2.75. The second kappa shape index (κ2) is 15.8. The van der Waals surface area contributed by atoms with Gasteiger partial charge in [-0.1, -0.05) is 51.9 Å². The van der Waals surface area contributed by atoms with Crippen molar-refractivity contribution in [3.8, 4) is 0 Å². The topological polar surface area (TPSA) is 52.6 Å². The Morgan fingerprint density at radius 3 is 1.87 bits per heavy atom. The first-order valence-corrected chi connectivity index (χ1v) is 9.34. The summed E-state index contributed by atoms with van der Waals surface area (Å²) in [6.07, 6.45) is 14.1. The van der Waals surface area contributed by atoms with Gasteiger partial charge in [0.2, 0.25) is 0 Å². The maximum absolute atomic E-state index is 11.2. The van der Waals surface area contributed by atoms with Gasteiger partial charge in [0.1, 0.15) is 6.10 Å². The third-order valence-electron chi connectivity index (χ3n) is 4.10. The van der Waals surface area contributed by atoms with Crippen LogP contribution in [0.25, 0.3) is 0 Å². The van der Waals surface area contributed by atoms with Crippen molar-refractivity contribution in [1.29, 1.82) is 0 Å². The summed E-state index contributed by atoms with van der Waals surface area (Å²) in [6, 6.07) is 0. The number of rotatable bonds is 15. The zero-order chi connectivity index (χ0) is 17.3. The summed E-state index contributed by atoms with van der Waals surface area (Å²) in [7, 11) is 1.43. The van der Waals surface area contributed by atoms with E-state index >= 15 is 0 Å². The Bertz CT molecular complexity index is 302. The smallest absolute Gasteiger partial charge is 0.305 e. The molecule has 0 bridgehead atoms. The van der Waals surface area contributed by atoms with E-state index in [2.05, 4.69) is 11.7 Å². The lowest BCUT2D eigenvalue weighted by Crippen LogP contribution is -2.16. The zero-order valence-electron chi connectivity index (χ0n) is 15.4. The molecule has 0 aromatic rings. The third-order valence-corrected chi connectivity index (χ3v) is 4.10. The fourth-order valence-electron chi connectivity index (χ4n) is 2.75. The van der Waals surface area contributed by atoms with Crippen LogP contribution in [0.15, 0.2) is 0 Å². The number of unbranched alkanes of at least 4 members (excludes halogenated alkanes) is 8. The summed E-state index contributed by atoms with van der Waals surface area (Å²) in [5, 5.41) is 0. The highest BCUT2D eigenvalue weighted by atomic mass is 16.5. The van der Waals surface area contributed by atoms with Crippen LogP contribution in [0.1, 0.15) is 97.3 Å². The molecule has 4 heteroatoms. The molecule has 0 rings (SSSR count). The summed E-state index contributed by atoms with van der Waals surface area (Å²) in [5.74, 6) is -0.287. The lowest BCUT2D eigenvalue weighted by Gasteiger charge is -2.17. The highest BCUT2D eigenvalue weighted by molar-refractivity contribution is 5.68. The molecular formula is C19H36O4. The molecular weight excluding hydrogens is 292 g/mol. The maximum Gasteiger partial charge on any atom is 0.305 e. The molecule has 0 heterocycles. The van der Waals surface area contributed by atoms with Crippen LogP contribution in [-0.4, -0.2) is 25.2 Å². The summed E-state index contributed by atoms with van der Waals surface area (Å²) in [5.41, 5.74) is 0. The van der Waals surface area contributed by atoms with Crippen molar-refractivity contribution < 1.29 is 19.1 Å². The minimum absolute atomic E-state index is 0.0872. The molecule has 0 saturated heterocycles. The first-order chi connectivity index (χ1) is 11.1. The molecule has 4 nitrogen and oxygen atoms in total. The van der Waals surface area contributed by atoms with E-state index in [1.54, 1.807) is 0 Å². The summed E-state index contributed by atoms with van der Waals surface area (Å²) >= 11 is 0. The largest absolute Gasteiger partial charge is 0.469 e. The van der Waals surface area contributed by atoms with Crippen LogP contribution in [0.3, 0.4) is 0 Å². The van der Waals surface area contributed by atoms with E-state index in [0.717, 1.165) is 51.4 Å². The Kier molecular flexibility index (Phi) is 15.1. The molecule has 0 aliphatic rings. The number of hydrogen-bond donors (Lipinski definition) is 0. The average molecular weight is 328 g/mol. The van der Waals surface area contributed by atoms with E-state index in [4.69, 9.17) is 4.74 Å². The van der Waals surface area contributed by atoms with Crippen LogP contribution in [0, 0.1) is 0 Å². The second-order valence-electron chi connectivity index (χ2n) is 6.32. The van der Waals surface area contributed by atoms with Crippen molar-refractivity contribution in [3.63, 3.8) is 0 Å². The van der Waals surface area contributed by atoms with Crippen LogP contribution in [0.4, 0.5) is 0 Å². The molecule has 23 heavy (non-hydrogen) atoms. The molecule has 136 valence electrons. The zero-order valence-corrected chi connectivity index (χ0v) is 15.4. The van der Waals surface area contributed by atoms with Crippen LogP contribution >= 0.6 is 0 Å². The third kappa shape index (κ3) is 15.6. The Hall–Kier alpha value is -1.06. The Labute approximate surface area is 142 Å². The van der Waals surface area contributed by atoms with Crippen LogP contribution in [0.5, 0.6) is 0 Å². The quantitative estimate of drug-likeness (QED) is 0.307. The predicted molar refractivity (Wildman–Crippen MR) is 93.3 cm³/mol. The van der Waals surface area contributed by atoms with Crippen molar-refractivity contribution >= 4 is 11.9 Å². The minimum atomic E-state index is -0.165. The van der Waals surface area contributed by atoms with Crippen LogP contribution < -0.4 is 0 Å². The molecule has 0 amide bonds. The normalized spacial score (nSPS) is 12.0. The van der Waals surface area contributed by atoms with E-state index < -0.39 is 0 Å². The van der Waals surface area contributed by atoms with Crippen molar-refractivity contribution in [3.05, 3.63) is 0 Å². The number of methoxy groups -OCH3 is 1. The molecule has 0 aliphatic heterocycles. The van der Waals surface area contributed by atoms with Gasteiger partial charge in [0.15, 0.2) is 0 Å². The standard InChI is InChI=1S/C19H36O4/c1-4-5-6-8-11-14-18(23-17(2)20)15-12-9-7-10-13-16-19(21)22-3/h18H,4-16H2,1-3H3. The lowest BCUT2D eigenvalue weighted by atomic mass is 10.0. The van der Waals surface area contributed by atoms with Gasteiger partial charge in [0.05, 0.1) is 7.11 Å². The number of hydrogen-bond acceptors (Lipinski definition) is 4. The molecule has 0 N–H and O–H groups in total. The Balaban J connectivity index is 3.67. The van der Waals surface area contributed by atoms with Gasteiger partial charge in [0.25, 0.3) is 0 Å². The van der Waals surface area contributed by atoms with Gasteiger partial charge < -0.3 is 9.47 Å². The molecule has 0 aromatic carbocycles. The molecule has 1 unspecified atom stereocenters. The van der Waals surface area contributed by atoms with E-state index in [1.807, 2.05) is 0 Å². The van der Waals surface area contributed by atoms with Gasteiger partial charge in [-0.2, -0.15) is 0 Å². The first kappa shape index (κ1) is 21.9. The molecule has 0 spiro atoms. The molecule has 0 fully saturated rings. The Morgan fingerprint density at radius 1 is 0.826 bits per heavy atom. The SMILES string of the molecule is CCCCCCCC(CCCCCCCC(=O)OC)OC(C)=O. The first-order valence-electron chi connectivity index (χ1n) is 9.34. The summed E-state index contributed by atoms with van der Waals surface area (Å²) in [6.45, 7) is 3.71. The van der Waals surface area contributed by atoms with Crippen molar-refractivity contribution in [2.24, 2.45) is 0 Å². The van der Waals surface area contributed by atoms with Gasteiger partial charge in [0, 0.05) is 13.3 Å². The van der Waals surface area contributed by atoms with E-state index in [9.17, 15) is 9.59 Å². The average Bonchev–Trinajstić information content (AvgIpc) is 2.52. The van der Waals surface area contributed by atoms with E-state index in [-0.39, 0.29) is 18.0 Å². The van der Waals surface area contributed by atoms with Gasteiger partial charge in [-0.15, -0.1) is 0 Å². The number of esters is 2. The van der Waals surface area contributed by atoms with E-state index in [1.165, 1.54) is 39.7 Å². The number of carbonyl (C=O) groups is 2. The van der Waals surface area contributed by atoms with Crippen molar-refractivity contribution in [2.75, 3.05) is 7.11 Å². The van der Waals surface area contributed by atoms with Crippen LogP contribution in [0.2, 0.25) is 0 Å². The summed E-state index contributed by atoms with van der Waals surface area (Å²) in [4.78, 5) is 22.2. The van der Waals surface area contributed by atoms with Gasteiger partial charge in [-0.05, 0) is 32.1 Å². The number of ether oxygens (including phenoxy) is 2. The molecule has 1 atom stereocenters. The molecule has 0 saturated carbocycles. The number of carbonyl (C=O) groups excluding carboxylic acids is 2. The van der Waals surface area contributed by atoms with Crippen molar-refractivity contribution in [2.45, 2.75) is 103 Å². The summed E-state index contributed by atoms with van der Waals surface area (Å²) < 4.78 is 10.1. The van der Waals surface area contributed by atoms with E-state index in [0.29, 0.717) is 6.42 Å². The van der Waals surface area contributed by atoms with Crippen LogP contribution in [-0.2, 0) is 19.1 Å². The Morgan fingerprint density at radius 2 is 1.35 bits per heavy atom. The van der Waals surface area contributed by atoms with Gasteiger partial charge in [-0.25, -0.2) is 0 Å². The van der Waals surface area contributed by atoms with Crippen molar-refractivity contribution in [1.82, 2.24) is 0 Å².